The number of likely N-dealkylation sites (N-methyl/N-ethyl adjacent to an activating group) is 1. The number of carbonyl (C=O) groups is 2. The van der Waals surface area contributed by atoms with Crippen molar-refractivity contribution in [2.45, 2.75) is 32.4 Å². The first-order chi connectivity index (χ1) is 15.4. The van der Waals surface area contributed by atoms with Crippen molar-refractivity contribution in [3.05, 3.63) is 59.4 Å². The molecule has 2 aromatic carbocycles. The molecule has 7 nitrogen and oxygen atoms in total. The number of hydrogen-bond donors (Lipinski definition) is 2. The number of nitrogens with one attached hydrogen (secondary N) is 2. The van der Waals surface area contributed by atoms with E-state index in [4.69, 9.17) is 9.47 Å². The van der Waals surface area contributed by atoms with Gasteiger partial charge in [-0.1, -0.05) is 12.1 Å². The van der Waals surface area contributed by atoms with E-state index in [1.165, 1.54) is 19.1 Å². The number of nitrogens with zero attached hydrogens (tertiary/aromatic N) is 1. The van der Waals surface area contributed by atoms with Crippen LogP contribution in [0.5, 0.6) is 5.75 Å². The maximum Gasteiger partial charge on any atom is 0.254 e. The average Bonchev–Trinajstić information content (AvgIpc) is 2.79. The molecule has 32 heavy (non-hydrogen) atoms. The van der Waals surface area contributed by atoms with E-state index in [0.29, 0.717) is 18.3 Å². The van der Waals surface area contributed by atoms with E-state index in [1.807, 2.05) is 24.3 Å². The van der Waals surface area contributed by atoms with Crippen molar-refractivity contribution in [3.8, 4) is 5.75 Å². The van der Waals surface area contributed by atoms with Crippen molar-refractivity contribution >= 4 is 17.5 Å². The van der Waals surface area contributed by atoms with E-state index in [-0.39, 0.29) is 18.0 Å². The van der Waals surface area contributed by atoms with Gasteiger partial charge in [-0.2, -0.15) is 0 Å². The van der Waals surface area contributed by atoms with Crippen LogP contribution in [0.15, 0.2) is 42.5 Å². The van der Waals surface area contributed by atoms with Gasteiger partial charge in [0, 0.05) is 45.0 Å². The predicted molar refractivity (Wildman–Crippen MR) is 120 cm³/mol. The Morgan fingerprint density at radius 2 is 1.97 bits per heavy atom. The topological polar surface area (TPSA) is 79.9 Å². The Hall–Kier alpha value is -2.97. The number of benzene rings is 2. The van der Waals surface area contributed by atoms with Crippen LogP contribution in [0, 0.1) is 5.82 Å². The zero-order chi connectivity index (χ0) is 22.9. The summed E-state index contributed by atoms with van der Waals surface area (Å²) in [5.74, 6) is -0.781. The highest BCUT2D eigenvalue weighted by Gasteiger charge is 2.18. The normalized spacial score (nSPS) is 14.2. The van der Waals surface area contributed by atoms with Gasteiger partial charge in [0.25, 0.3) is 5.91 Å². The fourth-order valence-corrected chi connectivity index (χ4v) is 3.62. The Kier molecular flexibility index (Phi) is 8.58. The Balaban J connectivity index is 1.50. The summed E-state index contributed by atoms with van der Waals surface area (Å²) in [6.45, 7) is 4.57. The molecular formula is C24H30FN3O4. The van der Waals surface area contributed by atoms with Crippen LogP contribution in [-0.2, 0) is 16.1 Å². The quantitative estimate of drug-likeness (QED) is 0.622. The van der Waals surface area contributed by atoms with Crippen LogP contribution >= 0.6 is 0 Å². The van der Waals surface area contributed by atoms with Crippen LogP contribution in [0.1, 0.15) is 35.7 Å². The third kappa shape index (κ3) is 7.03. The summed E-state index contributed by atoms with van der Waals surface area (Å²) in [7, 11) is 2.10. The van der Waals surface area contributed by atoms with Gasteiger partial charge in [0.2, 0.25) is 5.91 Å². The highest BCUT2D eigenvalue weighted by atomic mass is 19.1. The number of hydrogen-bond acceptors (Lipinski definition) is 5. The van der Waals surface area contributed by atoms with E-state index in [1.54, 1.807) is 0 Å². The molecule has 0 unspecified atom stereocenters. The summed E-state index contributed by atoms with van der Waals surface area (Å²) in [6.07, 6.45) is 2.08. The molecule has 0 aliphatic carbocycles. The van der Waals surface area contributed by atoms with Gasteiger partial charge < -0.3 is 20.1 Å². The molecule has 0 saturated carbocycles. The molecule has 8 heteroatoms. The Morgan fingerprint density at radius 1 is 1.19 bits per heavy atom. The van der Waals surface area contributed by atoms with Gasteiger partial charge >= 0.3 is 0 Å². The van der Waals surface area contributed by atoms with Gasteiger partial charge in [-0.3, -0.25) is 14.5 Å². The molecule has 0 radical (unpaired) electrons. The lowest BCUT2D eigenvalue weighted by Crippen LogP contribution is -2.38. The summed E-state index contributed by atoms with van der Waals surface area (Å²) in [6, 6.07) is 11.9. The maximum atomic E-state index is 14.1. The van der Waals surface area contributed by atoms with Gasteiger partial charge in [0.1, 0.15) is 18.2 Å². The van der Waals surface area contributed by atoms with Gasteiger partial charge in [0.05, 0.1) is 5.56 Å². The zero-order valence-corrected chi connectivity index (χ0v) is 18.5. The maximum absolute atomic E-state index is 14.1. The minimum Gasteiger partial charge on any atom is -0.492 e. The van der Waals surface area contributed by atoms with E-state index >= 15 is 0 Å². The van der Waals surface area contributed by atoms with Crippen molar-refractivity contribution in [3.63, 3.8) is 0 Å². The molecule has 3 rings (SSSR count). The van der Waals surface area contributed by atoms with E-state index in [0.717, 1.165) is 50.0 Å². The van der Waals surface area contributed by atoms with Gasteiger partial charge in [-0.15, -0.1) is 0 Å². The van der Waals surface area contributed by atoms with Crippen molar-refractivity contribution in [2.75, 3.05) is 38.7 Å². The monoisotopic (exact) mass is 443 g/mol. The first kappa shape index (κ1) is 23.7. The lowest BCUT2D eigenvalue weighted by Gasteiger charge is -2.31. The largest absolute Gasteiger partial charge is 0.492 e. The van der Waals surface area contributed by atoms with Crippen LogP contribution < -0.4 is 15.4 Å². The predicted octanol–water partition coefficient (Wildman–Crippen LogP) is 3.20. The summed E-state index contributed by atoms with van der Waals surface area (Å²) in [5.41, 5.74) is 1.08. The Labute approximate surface area is 187 Å². The molecule has 2 aromatic rings. The molecule has 0 spiro atoms. The molecule has 0 aromatic heterocycles. The lowest BCUT2D eigenvalue weighted by atomic mass is 10.1. The minimum absolute atomic E-state index is 0.125. The van der Waals surface area contributed by atoms with Crippen LogP contribution in [0.25, 0.3) is 0 Å². The molecule has 1 fully saturated rings. The highest BCUT2D eigenvalue weighted by molar-refractivity contribution is 5.97. The van der Waals surface area contributed by atoms with Crippen LogP contribution in [-0.4, -0.2) is 56.2 Å². The molecule has 0 bridgehead atoms. The number of ether oxygens (including phenoxy) is 2. The standard InChI is InChI=1S/C24H30FN3O4/c1-17(29)27-19-6-7-23(25)22(15-19)24(30)26-16-18-4-3-5-21(14-18)32-13-10-28(2)20-8-11-31-12-9-20/h3-7,14-15,20H,8-13,16H2,1-2H3,(H,26,30)(H,27,29). The average molecular weight is 444 g/mol. The second-order valence-corrected chi connectivity index (χ2v) is 7.88. The fraction of sp³-hybridized carbons (Fsp3) is 0.417. The smallest absolute Gasteiger partial charge is 0.254 e. The van der Waals surface area contributed by atoms with Crippen LogP contribution in [0.3, 0.4) is 0 Å². The second-order valence-electron chi connectivity index (χ2n) is 7.88. The number of halogens is 1. The van der Waals surface area contributed by atoms with Crippen molar-refractivity contribution in [1.82, 2.24) is 10.2 Å². The van der Waals surface area contributed by atoms with E-state index in [9.17, 15) is 14.0 Å². The summed E-state index contributed by atoms with van der Waals surface area (Å²) >= 11 is 0. The van der Waals surface area contributed by atoms with Gasteiger partial charge in [-0.05, 0) is 55.8 Å². The van der Waals surface area contributed by atoms with Crippen molar-refractivity contribution in [2.24, 2.45) is 0 Å². The molecule has 2 amide bonds. The third-order valence-corrected chi connectivity index (χ3v) is 5.41. The molecule has 0 atom stereocenters. The second kappa shape index (κ2) is 11.6. The first-order valence-electron chi connectivity index (χ1n) is 10.8. The van der Waals surface area contributed by atoms with Crippen molar-refractivity contribution in [1.29, 1.82) is 0 Å². The van der Waals surface area contributed by atoms with Gasteiger partial charge in [0.15, 0.2) is 0 Å². The number of anilines is 1. The summed E-state index contributed by atoms with van der Waals surface area (Å²) in [5, 5.41) is 5.26. The van der Waals surface area contributed by atoms with Crippen molar-refractivity contribution < 1.29 is 23.5 Å². The molecule has 1 saturated heterocycles. The lowest BCUT2D eigenvalue weighted by molar-refractivity contribution is -0.114. The SMILES string of the molecule is CC(=O)Nc1ccc(F)c(C(=O)NCc2cccc(OCCN(C)C3CCOCC3)c2)c1. The highest BCUT2D eigenvalue weighted by Crippen LogP contribution is 2.17. The summed E-state index contributed by atoms with van der Waals surface area (Å²) < 4.78 is 25.4. The molecule has 2 N–H and O–H groups in total. The first-order valence-corrected chi connectivity index (χ1v) is 10.8. The van der Waals surface area contributed by atoms with Crippen LogP contribution in [0.2, 0.25) is 0 Å². The fourth-order valence-electron chi connectivity index (χ4n) is 3.62. The van der Waals surface area contributed by atoms with Gasteiger partial charge in [-0.25, -0.2) is 4.39 Å². The summed E-state index contributed by atoms with van der Waals surface area (Å²) in [4.78, 5) is 25.9. The molecular weight excluding hydrogens is 413 g/mol. The van der Waals surface area contributed by atoms with Crippen LogP contribution in [0.4, 0.5) is 10.1 Å². The zero-order valence-electron chi connectivity index (χ0n) is 18.5. The Bertz CT molecular complexity index is 931. The molecule has 1 aliphatic rings. The molecule has 1 heterocycles. The number of carbonyl (C=O) groups excluding carboxylic acids is 2. The van der Waals surface area contributed by atoms with E-state index < -0.39 is 11.7 Å². The number of amides is 2. The molecule has 1 aliphatic heterocycles. The van der Waals surface area contributed by atoms with E-state index in [2.05, 4.69) is 22.6 Å². The third-order valence-electron chi connectivity index (χ3n) is 5.41. The number of rotatable bonds is 9. The minimum atomic E-state index is -0.651. The Morgan fingerprint density at radius 3 is 2.72 bits per heavy atom. The molecule has 172 valence electrons.